The van der Waals surface area contributed by atoms with E-state index in [9.17, 15) is 9.59 Å². The summed E-state index contributed by atoms with van der Waals surface area (Å²) >= 11 is 1.39. The number of ether oxygens (including phenoxy) is 1. The molecule has 3 rings (SSSR count). The molecule has 25 heavy (non-hydrogen) atoms. The molecular weight excluding hydrogens is 336 g/mol. The zero-order valence-corrected chi connectivity index (χ0v) is 15.5. The Kier molecular flexibility index (Phi) is 4.56. The van der Waals surface area contributed by atoms with Crippen molar-refractivity contribution in [3.63, 3.8) is 0 Å². The summed E-state index contributed by atoms with van der Waals surface area (Å²) in [7, 11) is 0. The molecule has 2 aromatic rings. The van der Waals surface area contributed by atoms with Crippen LogP contribution >= 0.6 is 11.3 Å². The van der Waals surface area contributed by atoms with Gasteiger partial charge in [-0.1, -0.05) is 30.3 Å². The molecule has 0 fully saturated rings. The number of ketones is 1. The molecule has 1 aliphatic heterocycles. The fourth-order valence-corrected chi connectivity index (χ4v) is 4.02. The van der Waals surface area contributed by atoms with Gasteiger partial charge in [0.15, 0.2) is 5.78 Å². The summed E-state index contributed by atoms with van der Waals surface area (Å²) in [5, 5.41) is 0.518. The molecule has 0 aliphatic carbocycles. The summed E-state index contributed by atoms with van der Waals surface area (Å²) in [6.45, 7) is 6.49. The number of hydrogen-bond donors (Lipinski definition) is 1. The third kappa shape index (κ3) is 3.69. The van der Waals surface area contributed by atoms with Crippen molar-refractivity contribution in [1.29, 1.82) is 0 Å². The van der Waals surface area contributed by atoms with Crippen molar-refractivity contribution >= 4 is 28.2 Å². The molecule has 1 aromatic heterocycles. The van der Waals surface area contributed by atoms with Crippen molar-refractivity contribution in [2.45, 2.75) is 39.3 Å². The molecule has 1 aliphatic rings. The number of benzene rings is 1. The Bertz CT molecular complexity index is 806. The SMILES string of the molecule is CC(C)(C)OC(=O)N1CCc2c(sc(N)c2C(=O)c2ccccc2)C1. The van der Waals surface area contributed by atoms with Gasteiger partial charge in [-0.05, 0) is 32.8 Å². The second-order valence-electron chi connectivity index (χ2n) is 7.09. The molecule has 132 valence electrons. The molecule has 5 nitrogen and oxygen atoms in total. The summed E-state index contributed by atoms with van der Waals surface area (Å²) in [6, 6.07) is 9.14. The smallest absolute Gasteiger partial charge is 0.410 e. The average Bonchev–Trinajstić information content (AvgIpc) is 2.88. The van der Waals surface area contributed by atoms with E-state index in [0.29, 0.717) is 35.6 Å². The van der Waals surface area contributed by atoms with Crippen molar-refractivity contribution in [2.75, 3.05) is 12.3 Å². The third-order valence-electron chi connectivity index (χ3n) is 4.00. The number of amides is 1. The summed E-state index contributed by atoms with van der Waals surface area (Å²) in [5.41, 5.74) is 7.81. The maximum Gasteiger partial charge on any atom is 0.410 e. The van der Waals surface area contributed by atoms with Gasteiger partial charge in [-0.15, -0.1) is 11.3 Å². The zero-order valence-electron chi connectivity index (χ0n) is 14.7. The highest BCUT2D eigenvalue weighted by molar-refractivity contribution is 7.16. The fraction of sp³-hybridized carbons (Fsp3) is 0.368. The molecule has 0 spiro atoms. The van der Waals surface area contributed by atoms with Crippen LogP contribution in [0.1, 0.15) is 47.1 Å². The lowest BCUT2D eigenvalue weighted by Crippen LogP contribution is -2.39. The molecule has 0 radical (unpaired) electrons. The first kappa shape index (κ1) is 17.5. The number of carbonyl (C=O) groups is 2. The Morgan fingerprint density at radius 3 is 2.52 bits per heavy atom. The van der Waals surface area contributed by atoms with E-state index in [4.69, 9.17) is 10.5 Å². The van der Waals surface area contributed by atoms with E-state index in [2.05, 4.69) is 0 Å². The van der Waals surface area contributed by atoms with Crippen LogP contribution in [0.25, 0.3) is 0 Å². The quantitative estimate of drug-likeness (QED) is 0.828. The molecule has 2 N–H and O–H groups in total. The van der Waals surface area contributed by atoms with Crippen LogP contribution in [0.3, 0.4) is 0 Å². The van der Waals surface area contributed by atoms with Crippen LogP contribution in [0.15, 0.2) is 30.3 Å². The lowest BCUT2D eigenvalue weighted by Gasteiger charge is -2.30. The molecule has 0 unspecified atom stereocenters. The van der Waals surface area contributed by atoms with Crippen LogP contribution in [0, 0.1) is 0 Å². The van der Waals surface area contributed by atoms with E-state index in [1.165, 1.54) is 11.3 Å². The van der Waals surface area contributed by atoms with Crippen LogP contribution in [0.2, 0.25) is 0 Å². The normalized spacial score (nSPS) is 14.1. The van der Waals surface area contributed by atoms with Crippen molar-refractivity contribution in [3.05, 3.63) is 51.9 Å². The predicted molar refractivity (Wildman–Crippen MR) is 99.0 cm³/mol. The maximum atomic E-state index is 12.8. The molecule has 0 saturated heterocycles. The Morgan fingerprint density at radius 2 is 1.88 bits per heavy atom. The van der Waals surface area contributed by atoms with Gasteiger partial charge >= 0.3 is 6.09 Å². The van der Waals surface area contributed by atoms with E-state index in [0.717, 1.165) is 10.4 Å². The summed E-state index contributed by atoms with van der Waals surface area (Å²) in [5.74, 6) is -0.0543. The Balaban J connectivity index is 1.84. The first-order valence-electron chi connectivity index (χ1n) is 8.24. The molecule has 2 heterocycles. The predicted octanol–water partition coefficient (Wildman–Crippen LogP) is 3.85. The summed E-state index contributed by atoms with van der Waals surface area (Å²) < 4.78 is 5.44. The van der Waals surface area contributed by atoms with Gasteiger partial charge in [0.1, 0.15) is 5.60 Å². The number of carbonyl (C=O) groups excluding carboxylic acids is 2. The second kappa shape index (κ2) is 6.52. The second-order valence-corrected chi connectivity index (χ2v) is 8.23. The summed E-state index contributed by atoms with van der Waals surface area (Å²) in [6.07, 6.45) is 0.275. The van der Waals surface area contributed by atoms with Crippen molar-refractivity contribution < 1.29 is 14.3 Å². The average molecular weight is 358 g/mol. The minimum atomic E-state index is -0.528. The molecule has 0 bridgehead atoms. The molecule has 0 saturated carbocycles. The number of anilines is 1. The van der Waals surface area contributed by atoms with Gasteiger partial charge in [0, 0.05) is 17.0 Å². The topological polar surface area (TPSA) is 72.6 Å². The fourth-order valence-electron chi connectivity index (χ4n) is 2.89. The monoisotopic (exact) mass is 358 g/mol. The number of nitrogens with two attached hydrogens (primary N) is 1. The Morgan fingerprint density at radius 1 is 1.20 bits per heavy atom. The highest BCUT2D eigenvalue weighted by Gasteiger charge is 2.31. The number of fused-ring (bicyclic) bond motifs is 1. The molecule has 0 atom stereocenters. The Labute approximate surface area is 151 Å². The maximum absolute atomic E-state index is 12.8. The van der Waals surface area contributed by atoms with Gasteiger partial charge in [-0.3, -0.25) is 4.79 Å². The molecule has 1 aromatic carbocycles. The minimum Gasteiger partial charge on any atom is -0.444 e. The van der Waals surface area contributed by atoms with Gasteiger partial charge in [0.05, 0.1) is 17.1 Å². The van der Waals surface area contributed by atoms with Crippen molar-refractivity contribution in [1.82, 2.24) is 4.90 Å². The van der Waals surface area contributed by atoms with Crippen LogP contribution in [-0.4, -0.2) is 28.9 Å². The van der Waals surface area contributed by atoms with Crippen LogP contribution in [0.5, 0.6) is 0 Å². The third-order valence-corrected chi connectivity index (χ3v) is 5.04. The summed E-state index contributed by atoms with van der Waals surface area (Å²) in [4.78, 5) is 27.7. The van der Waals surface area contributed by atoms with E-state index < -0.39 is 5.60 Å². The van der Waals surface area contributed by atoms with Crippen molar-refractivity contribution in [3.8, 4) is 0 Å². The van der Waals surface area contributed by atoms with Gasteiger partial charge in [0.25, 0.3) is 0 Å². The number of hydrogen-bond acceptors (Lipinski definition) is 5. The van der Waals surface area contributed by atoms with E-state index >= 15 is 0 Å². The highest BCUT2D eigenvalue weighted by atomic mass is 32.1. The lowest BCUT2D eigenvalue weighted by atomic mass is 9.96. The zero-order chi connectivity index (χ0) is 18.2. The van der Waals surface area contributed by atoms with Crippen LogP contribution < -0.4 is 5.73 Å². The Hall–Kier alpha value is -2.34. The van der Waals surface area contributed by atoms with E-state index in [1.54, 1.807) is 17.0 Å². The van der Waals surface area contributed by atoms with E-state index in [-0.39, 0.29) is 11.9 Å². The highest BCUT2D eigenvalue weighted by Crippen LogP contribution is 2.36. The first-order chi connectivity index (χ1) is 11.8. The molecule has 1 amide bonds. The van der Waals surface area contributed by atoms with Gasteiger partial charge in [0.2, 0.25) is 0 Å². The largest absolute Gasteiger partial charge is 0.444 e. The number of rotatable bonds is 2. The van der Waals surface area contributed by atoms with Crippen molar-refractivity contribution in [2.24, 2.45) is 0 Å². The van der Waals surface area contributed by atoms with Crippen LogP contribution in [-0.2, 0) is 17.7 Å². The van der Waals surface area contributed by atoms with Gasteiger partial charge in [-0.2, -0.15) is 0 Å². The lowest BCUT2D eigenvalue weighted by molar-refractivity contribution is 0.0226. The molecular formula is C19H22N2O3S. The van der Waals surface area contributed by atoms with E-state index in [1.807, 2.05) is 39.0 Å². The van der Waals surface area contributed by atoms with Gasteiger partial charge < -0.3 is 15.4 Å². The number of thiophene rings is 1. The van der Waals surface area contributed by atoms with Gasteiger partial charge in [-0.25, -0.2) is 4.79 Å². The standard InChI is InChI=1S/C19H22N2O3S/c1-19(2,3)24-18(23)21-10-9-13-14(11-21)25-17(20)15(13)16(22)12-7-5-4-6-8-12/h4-8H,9-11,20H2,1-3H3. The number of nitrogens with zero attached hydrogens (tertiary/aromatic N) is 1. The first-order valence-corrected chi connectivity index (χ1v) is 9.05. The minimum absolute atomic E-state index is 0.0543. The molecule has 6 heteroatoms. The van der Waals surface area contributed by atoms with Crippen LogP contribution in [0.4, 0.5) is 9.80 Å². The number of nitrogen functional groups attached to an aromatic ring is 1.